The maximum Gasteiger partial charge on any atom is 0.267 e. The van der Waals surface area contributed by atoms with Crippen molar-refractivity contribution in [2.24, 2.45) is 0 Å². The van der Waals surface area contributed by atoms with Crippen LogP contribution in [0.5, 0.6) is 11.5 Å². The summed E-state index contributed by atoms with van der Waals surface area (Å²) in [6.07, 6.45) is 0. The number of nitrogens with two attached hydrogens (primary N) is 1. The summed E-state index contributed by atoms with van der Waals surface area (Å²) in [5.41, 5.74) is 5.94. The summed E-state index contributed by atoms with van der Waals surface area (Å²) >= 11 is 0.948. The smallest absolute Gasteiger partial charge is 0.267 e. The van der Waals surface area contributed by atoms with E-state index in [-0.39, 0.29) is 21.5 Å². The van der Waals surface area contributed by atoms with E-state index >= 15 is 0 Å². The molecule has 0 saturated heterocycles. The lowest BCUT2D eigenvalue weighted by molar-refractivity contribution is 0.387. The molecular formula is C11H14N4O4S2. The molecule has 0 atom stereocenters. The van der Waals surface area contributed by atoms with E-state index in [0.29, 0.717) is 11.6 Å². The maximum absolute atomic E-state index is 12.4. The first-order chi connectivity index (χ1) is 9.87. The summed E-state index contributed by atoms with van der Waals surface area (Å²) in [6.45, 7) is 1.67. The van der Waals surface area contributed by atoms with Crippen molar-refractivity contribution in [2.45, 2.75) is 11.8 Å². The Balaban J connectivity index is 2.46. The summed E-state index contributed by atoms with van der Waals surface area (Å²) in [5.74, 6) is 0.936. The van der Waals surface area contributed by atoms with Gasteiger partial charge in [-0.3, -0.25) is 4.72 Å². The summed E-state index contributed by atoms with van der Waals surface area (Å²) in [4.78, 5) is 3.85. The number of hydrogen-bond acceptors (Lipinski definition) is 8. The zero-order valence-corrected chi connectivity index (χ0v) is 13.2. The number of nitrogen functional groups attached to an aromatic ring is 1. The van der Waals surface area contributed by atoms with Crippen LogP contribution in [0.4, 0.5) is 10.8 Å². The predicted molar refractivity (Wildman–Crippen MR) is 79.4 cm³/mol. The lowest BCUT2D eigenvalue weighted by Gasteiger charge is -2.13. The van der Waals surface area contributed by atoms with Crippen molar-refractivity contribution in [3.63, 3.8) is 0 Å². The van der Waals surface area contributed by atoms with Crippen LogP contribution in [0.2, 0.25) is 0 Å². The normalized spacial score (nSPS) is 11.2. The quantitative estimate of drug-likeness (QED) is 0.792. The zero-order chi connectivity index (χ0) is 15.6. The fourth-order valence-corrected chi connectivity index (χ4v) is 3.60. The van der Waals surface area contributed by atoms with Gasteiger partial charge in [-0.25, -0.2) is 13.4 Å². The lowest BCUT2D eigenvalue weighted by Crippen LogP contribution is -2.14. The van der Waals surface area contributed by atoms with Crippen LogP contribution in [0.3, 0.4) is 0 Å². The fourth-order valence-electron chi connectivity index (χ4n) is 1.61. The number of methoxy groups -OCH3 is 2. The molecule has 0 fully saturated rings. The van der Waals surface area contributed by atoms with Crippen LogP contribution in [-0.4, -0.2) is 32.0 Å². The molecule has 1 heterocycles. The summed E-state index contributed by atoms with van der Waals surface area (Å²) in [5, 5.41) is 0.170. The van der Waals surface area contributed by atoms with Gasteiger partial charge in [0.2, 0.25) is 5.13 Å². The van der Waals surface area contributed by atoms with E-state index in [2.05, 4.69) is 14.1 Å². The molecule has 0 radical (unpaired) electrons. The third kappa shape index (κ3) is 3.16. The van der Waals surface area contributed by atoms with Gasteiger partial charge in [0.15, 0.2) is 0 Å². The molecule has 0 aliphatic heterocycles. The van der Waals surface area contributed by atoms with Crippen molar-refractivity contribution in [3.05, 3.63) is 18.0 Å². The largest absolute Gasteiger partial charge is 0.495 e. The van der Waals surface area contributed by atoms with Gasteiger partial charge in [-0.15, -0.1) is 0 Å². The average Bonchev–Trinajstić information content (AvgIpc) is 2.83. The minimum atomic E-state index is -3.89. The van der Waals surface area contributed by atoms with Gasteiger partial charge < -0.3 is 15.2 Å². The third-order valence-electron chi connectivity index (χ3n) is 2.55. The fraction of sp³-hybridized carbons (Fsp3) is 0.273. The van der Waals surface area contributed by atoms with Crippen molar-refractivity contribution < 1.29 is 17.9 Å². The first-order valence-corrected chi connectivity index (χ1v) is 7.97. The molecule has 0 unspecified atom stereocenters. The van der Waals surface area contributed by atoms with E-state index in [1.165, 1.54) is 26.4 Å². The number of aryl methyl sites for hydroxylation is 1. The Morgan fingerprint density at radius 3 is 2.43 bits per heavy atom. The first kappa shape index (κ1) is 15.3. The van der Waals surface area contributed by atoms with Crippen molar-refractivity contribution in [2.75, 3.05) is 24.7 Å². The molecule has 3 N–H and O–H groups in total. The summed E-state index contributed by atoms with van der Waals surface area (Å²) < 4.78 is 41.2. The molecule has 8 nitrogen and oxygen atoms in total. The molecule has 10 heteroatoms. The Bertz CT molecular complexity index is 758. The van der Waals surface area contributed by atoms with Gasteiger partial charge in [-0.05, 0) is 13.0 Å². The number of aromatic nitrogens is 2. The third-order valence-corrected chi connectivity index (χ3v) is 4.77. The molecule has 21 heavy (non-hydrogen) atoms. The van der Waals surface area contributed by atoms with Crippen molar-refractivity contribution in [3.8, 4) is 11.5 Å². The van der Waals surface area contributed by atoms with E-state index in [4.69, 9.17) is 15.2 Å². The summed E-state index contributed by atoms with van der Waals surface area (Å²) in [6, 6.07) is 2.68. The minimum absolute atomic E-state index is 0.101. The van der Waals surface area contributed by atoms with E-state index in [1.54, 1.807) is 6.92 Å². The van der Waals surface area contributed by atoms with Crippen molar-refractivity contribution in [1.29, 1.82) is 0 Å². The molecular weight excluding hydrogens is 316 g/mol. The van der Waals surface area contributed by atoms with Gasteiger partial charge >= 0.3 is 0 Å². The Kier molecular flexibility index (Phi) is 4.19. The van der Waals surface area contributed by atoms with Crippen LogP contribution in [0.1, 0.15) is 5.82 Å². The molecule has 114 valence electrons. The van der Waals surface area contributed by atoms with E-state index in [0.717, 1.165) is 11.5 Å². The minimum Gasteiger partial charge on any atom is -0.495 e. The number of anilines is 2. The molecule has 2 aromatic rings. The van der Waals surface area contributed by atoms with Gasteiger partial charge in [0.05, 0.1) is 19.9 Å². The predicted octanol–water partition coefficient (Wildman–Crippen LogP) is 1.25. The van der Waals surface area contributed by atoms with Crippen molar-refractivity contribution in [1.82, 2.24) is 9.36 Å². The molecule has 0 spiro atoms. The molecule has 1 aromatic carbocycles. The van der Waals surface area contributed by atoms with Gasteiger partial charge in [-0.2, -0.15) is 4.37 Å². The monoisotopic (exact) mass is 330 g/mol. The number of hydrogen-bond donors (Lipinski definition) is 2. The van der Waals surface area contributed by atoms with Crippen LogP contribution < -0.4 is 19.9 Å². The number of ether oxygens (including phenoxy) is 2. The second-order valence-electron chi connectivity index (χ2n) is 4.00. The topological polar surface area (TPSA) is 116 Å². The first-order valence-electron chi connectivity index (χ1n) is 5.72. The second-order valence-corrected chi connectivity index (χ2v) is 6.40. The maximum atomic E-state index is 12.4. The van der Waals surface area contributed by atoms with Crippen LogP contribution >= 0.6 is 11.5 Å². The van der Waals surface area contributed by atoms with Gasteiger partial charge in [0.25, 0.3) is 10.0 Å². The second kappa shape index (κ2) is 5.74. The number of benzene rings is 1. The number of sulfonamides is 1. The SMILES string of the molecule is COc1cc(OC)c(S(=O)(=O)Nc2nc(C)ns2)cc1N. The van der Waals surface area contributed by atoms with Gasteiger partial charge in [0.1, 0.15) is 22.2 Å². The molecule has 0 amide bonds. The lowest BCUT2D eigenvalue weighted by atomic mass is 10.3. The van der Waals surface area contributed by atoms with Crippen LogP contribution in [-0.2, 0) is 10.0 Å². The molecule has 2 rings (SSSR count). The average molecular weight is 330 g/mol. The highest BCUT2D eigenvalue weighted by atomic mass is 32.2. The van der Waals surface area contributed by atoms with Crippen LogP contribution in [0.25, 0.3) is 0 Å². The highest BCUT2D eigenvalue weighted by molar-refractivity contribution is 7.93. The van der Waals surface area contributed by atoms with E-state index in [9.17, 15) is 8.42 Å². The van der Waals surface area contributed by atoms with Gasteiger partial charge in [0, 0.05) is 17.6 Å². The molecule has 0 bridgehead atoms. The molecule has 0 aliphatic carbocycles. The Labute approximate surface area is 126 Å². The van der Waals surface area contributed by atoms with E-state index < -0.39 is 10.0 Å². The summed E-state index contributed by atoms with van der Waals surface area (Å²) in [7, 11) is -1.10. The number of nitrogens with one attached hydrogen (secondary N) is 1. The highest BCUT2D eigenvalue weighted by Crippen LogP contribution is 2.34. The standard InChI is InChI=1S/C11H14N4O4S2/c1-6-13-11(20-14-6)15-21(16,17)10-4-7(12)8(18-2)5-9(10)19-3/h4-5H,12H2,1-3H3,(H,13,14,15). The number of nitrogens with zero attached hydrogens (tertiary/aromatic N) is 2. The van der Waals surface area contributed by atoms with E-state index in [1.807, 2.05) is 0 Å². The van der Waals surface area contributed by atoms with Crippen LogP contribution in [0.15, 0.2) is 17.0 Å². The van der Waals surface area contributed by atoms with Gasteiger partial charge in [-0.1, -0.05) is 0 Å². The van der Waals surface area contributed by atoms with Crippen molar-refractivity contribution >= 4 is 32.4 Å². The zero-order valence-electron chi connectivity index (χ0n) is 11.6. The Morgan fingerprint density at radius 1 is 1.24 bits per heavy atom. The molecule has 0 saturated carbocycles. The Hall–Kier alpha value is -2.07. The Morgan fingerprint density at radius 2 is 1.90 bits per heavy atom. The molecule has 0 aliphatic rings. The number of rotatable bonds is 5. The highest BCUT2D eigenvalue weighted by Gasteiger charge is 2.23. The molecule has 1 aromatic heterocycles. The van der Waals surface area contributed by atoms with Crippen LogP contribution in [0, 0.1) is 6.92 Å².